The van der Waals surface area contributed by atoms with Crippen LogP contribution in [0.1, 0.15) is 15.9 Å². The van der Waals surface area contributed by atoms with Crippen LogP contribution in [-0.2, 0) is 16.0 Å². The number of benzene rings is 2. The van der Waals surface area contributed by atoms with Crippen LogP contribution in [0.15, 0.2) is 42.6 Å². The third kappa shape index (κ3) is 4.49. The van der Waals surface area contributed by atoms with E-state index in [0.29, 0.717) is 47.2 Å². The molecule has 1 aliphatic heterocycles. The third-order valence-electron chi connectivity index (χ3n) is 6.10. The number of carbonyl (C=O) groups is 2. The summed E-state index contributed by atoms with van der Waals surface area (Å²) in [6.07, 6.45) is 2.41. The van der Waals surface area contributed by atoms with Crippen molar-refractivity contribution in [2.75, 3.05) is 42.9 Å². The molecule has 0 bridgehead atoms. The predicted molar refractivity (Wildman–Crippen MR) is 135 cm³/mol. The minimum absolute atomic E-state index is 0.0184. The zero-order valence-corrected chi connectivity index (χ0v) is 20.1. The molecule has 0 fully saturated rings. The van der Waals surface area contributed by atoms with Gasteiger partial charge in [-0.05, 0) is 36.2 Å². The molecule has 3 heterocycles. The number of aromatic nitrogens is 3. The molecular weight excluding hydrogens is 481 g/mol. The van der Waals surface area contributed by atoms with Gasteiger partial charge in [0, 0.05) is 25.9 Å². The number of hydrogen-bond acceptors (Lipinski definition) is 7. The quantitative estimate of drug-likeness (QED) is 0.287. The first kappa shape index (κ1) is 24.0. The van der Waals surface area contributed by atoms with Crippen molar-refractivity contribution in [3.63, 3.8) is 0 Å². The Morgan fingerprint density at radius 3 is 2.81 bits per heavy atom. The maximum Gasteiger partial charge on any atom is 0.351 e. The molecule has 4 aromatic rings. The van der Waals surface area contributed by atoms with Crippen LogP contribution in [0, 0.1) is 5.82 Å². The fourth-order valence-electron chi connectivity index (χ4n) is 4.42. The van der Waals surface area contributed by atoms with Gasteiger partial charge >= 0.3 is 5.95 Å². The lowest BCUT2D eigenvalue weighted by Gasteiger charge is -2.18. The lowest BCUT2D eigenvalue weighted by Crippen LogP contribution is -2.32. The van der Waals surface area contributed by atoms with E-state index in [1.807, 2.05) is 12.1 Å². The second-order valence-electron chi connectivity index (χ2n) is 8.39. The van der Waals surface area contributed by atoms with E-state index >= 15 is 0 Å². The number of methoxy groups -OCH3 is 2. The van der Waals surface area contributed by atoms with Gasteiger partial charge in [0.1, 0.15) is 18.1 Å². The van der Waals surface area contributed by atoms with E-state index in [1.54, 1.807) is 30.3 Å². The van der Waals surface area contributed by atoms with Crippen LogP contribution >= 0.6 is 0 Å². The highest BCUT2D eigenvalue weighted by Crippen LogP contribution is 2.38. The first-order chi connectivity index (χ1) is 17.9. The van der Waals surface area contributed by atoms with Crippen LogP contribution in [0.4, 0.5) is 33.2 Å². The molecule has 2 aromatic carbocycles. The molecule has 37 heavy (non-hydrogen) atoms. The number of rotatable bonds is 8. The molecule has 0 saturated carbocycles. The summed E-state index contributed by atoms with van der Waals surface area (Å²) in [6, 6.07) is 9.67. The summed E-state index contributed by atoms with van der Waals surface area (Å²) in [5.74, 6) is -0.539. The van der Waals surface area contributed by atoms with Crippen LogP contribution in [0.3, 0.4) is 0 Å². The number of fused-ring (bicyclic) bond motifs is 2. The smallest absolute Gasteiger partial charge is 0.351 e. The molecule has 2 aromatic heterocycles. The Balaban J connectivity index is 1.53. The maximum atomic E-state index is 14.3. The Labute approximate surface area is 210 Å². The van der Waals surface area contributed by atoms with Gasteiger partial charge < -0.3 is 25.4 Å². The monoisotopic (exact) mass is 506 g/mol. The van der Waals surface area contributed by atoms with Crippen LogP contribution in [0.2, 0.25) is 0 Å². The average molecular weight is 507 g/mol. The number of hydrogen-bond donors (Lipinski definition) is 4. The molecule has 11 nitrogen and oxygen atoms in total. The molecule has 0 spiro atoms. The highest BCUT2D eigenvalue weighted by molar-refractivity contribution is 6.01. The van der Waals surface area contributed by atoms with Crippen molar-refractivity contribution < 1.29 is 28.4 Å². The van der Waals surface area contributed by atoms with Crippen LogP contribution in [0.5, 0.6) is 5.75 Å². The predicted octanol–water partition coefficient (Wildman–Crippen LogP) is 2.65. The van der Waals surface area contributed by atoms with Crippen molar-refractivity contribution in [2.24, 2.45) is 5.73 Å². The molecule has 0 atom stereocenters. The maximum absolute atomic E-state index is 14.3. The van der Waals surface area contributed by atoms with E-state index in [1.165, 1.54) is 13.2 Å². The summed E-state index contributed by atoms with van der Waals surface area (Å²) in [5, 5.41) is 6.91. The minimum Gasteiger partial charge on any atom is -0.493 e. The second-order valence-corrected chi connectivity index (χ2v) is 8.39. The van der Waals surface area contributed by atoms with Gasteiger partial charge in [-0.1, -0.05) is 11.1 Å². The van der Waals surface area contributed by atoms with Gasteiger partial charge in [-0.2, -0.15) is 0 Å². The van der Waals surface area contributed by atoms with Crippen LogP contribution < -0.4 is 31.0 Å². The number of nitrogens with zero attached hydrogens (tertiary/aromatic N) is 2. The second kappa shape index (κ2) is 9.74. The zero-order chi connectivity index (χ0) is 26.1. The summed E-state index contributed by atoms with van der Waals surface area (Å²) in [5.41, 5.74) is 8.26. The number of primary amides is 1. The molecule has 0 saturated heterocycles. The van der Waals surface area contributed by atoms with Crippen molar-refractivity contribution in [1.29, 1.82) is 0 Å². The molecule has 0 radical (unpaired) electrons. The fraction of sp³-hybridized carbons (Fsp3) is 0.200. The van der Waals surface area contributed by atoms with Gasteiger partial charge in [-0.15, -0.1) is 0 Å². The number of H-pyrrole nitrogens is 2. The number of amides is 2. The number of anilines is 5. The lowest BCUT2D eigenvalue weighted by atomic mass is 10.1. The lowest BCUT2D eigenvalue weighted by molar-refractivity contribution is -0.333. The molecule has 12 heteroatoms. The van der Waals surface area contributed by atoms with Crippen molar-refractivity contribution in [1.82, 2.24) is 9.97 Å². The first-order valence-electron chi connectivity index (χ1n) is 11.4. The number of carbonyl (C=O) groups excluding carboxylic acids is 2. The molecule has 190 valence electrons. The number of nitrogens with one attached hydrogen (secondary N) is 4. The van der Waals surface area contributed by atoms with E-state index in [0.717, 1.165) is 17.3 Å². The zero-order valence-electron chi connectivity index (χ0n) is 20.1. The summed E-state index contributed by atoms with van der Waals surface area (Å²) in [7, 11) is 3.04. The summed E-state index contributed by atoms with van der Waals surface area (Å²) < 4.78 is 24.9. The number of ether oxygens (including phenoxy) is 2. The van der Waals surface area contributed by atoms with Gasteiger partial charge in [-0.3, -0.25) is 19.9 Å². The fourth-order valence-corrected chi connectivity index (χ4v) is 4.42. The molecular formula is C25H25FN7O4+. The summed E-state index contributed by atoms with van der Waals surface area (Å²) in [4.78, 5) is 37.0. The summed E-state index contributed by atoms with van der Waals surface area (Å²) >= 11 is 0. The normalized spacial score (nSPS) is 12.5. The largest absolute Gasteiger partial charge is 0.493 e. The van der Waals surface area contributed by atoms with Gasteiger partial charge in [0.25, 0.3) is 11.8 Å². The minimum atomic E-state index is -0.901. The van der Waals surface area contributed by atoms with E-state index in [-0.39, 0.29) is 23.8 Å². The summed E-state index contributed by atoms with van der Waals surface area (Å²) in [6.45, 7) is 0.530. The molecule has 2 amide bonds. The Morgan fingerprint density at radius 1 is 1.22 bits per heavy atom. The first-order valence-corrected chi connectivity index (χ1v) is 11.4. The van der Waals surface area contributed by atoms with Gasteiger partial charge in [0.05, 0.1) is 29.4 Å². The van der Waals surface area contributed by atoms with E-state index in [9.17, 15) is 14.0 Å². The Hall–Kier alpha value is -4.71. The van der Waals surface area contributed by atoms with Gasteiger partial charge in [-0.25, -0.2) is 9.37 Å². The Kier molecular flexibility index (Phi) is 6.32. The topological polar surface area (TPSA) is 149 Å². The Bertz CT molecular complexity index is 1520. The number of halogens is 1. The van der Waals surface area contributed by atoms with Crippen molar-refractivity contribution >= 4 is 51.7 Å². The van der Waals surface area contributed by atoms with Gasteiger partial charge in [0.15, 0.2) is 5.75 Å². The van der Waals surface area contributed by atoms with Crippen molar-refractivity contribution in [2.45, 2.75) is 6.42 Å². The average Bonchev–Trinajstić information content (AvgIpc) is 3.50. The van der Waals surface area contributed by atoms with Crippen LogP contribution in [-0.4, -0.2) is 49.2 Å². The molecule has 1 aliphatic rings. The molecule has 0 aliphatic carbocycles. The molecule has 6 N–H and O–H groups in total. The molecule has 5 rings (SSSR count). The highest BCUT2D eigenvalue weighted by Gasteiger charge is 2.28. The Morgan fingerprint density at radius 2 is 2.05 bits per heavy atom. The van der Waals surface area contributed by atoms with Crippen molar-refractivity contribution in [3.05, 3.63) is 59.5 Å². The number of nitrogens with two attached hydrogens (primary N) is 1. The highest BCUT2D eigenvalue weighted by atomic mass is 19.1. The van der Waals surface area contributed by atoms with E-state index in [4.69, 9.17) is 15.2 Å². The standard InChI is InChI=1S/C25H24FN7O4/c1-36-12-20(34)33-9-7-13-10-19(37-2)17(11-18(13)33)30-25-31-23-14(6-8-28-23)24(32-25)29-16-5-3-4-15(26)21(16)22(27)35/h3-6,8,10-11H,7,9,12H2,1-2H3,(H2,27,35)(H3,28,29,30,31,32)/p+1. The van der Waals surface area contributed by atoms with E-state index in [2.05, 4.69) is 25.6 Å². The third-order valence-corrected chi connectivity index (χ3v) is 6.10. The van der Waals surface area contributed by atoms with Crippen molar-refractivity contribution in [3.8, 4) is 5.75 Å². The number of aromatic amines is 2. The van der Waals surface area contributed by atoms with E-state index < -0.39 is 11.7 Å². The molecule has 0 unspecified atom stereocenters. The van der Waals surface area contributed by atoms with Crippen LogP contribution in [0.25, 0.3) is 11.0 Å². The van der Waals surface area contributed by atoms with Gasteiger partial charge in [0.2, 0.25) is 11.5 Å². The SMILES string of the molecule is COCC(=O)N1CCc2cc(OC)c(Nc3nc(Nc4cccc(F)c4C(N)=O)c4cc[nH]c4[nH+]3)cc21.